The second kappa shape index (κ2) is 4.22. The maximum absolute atomic E-state index is 12.0. The summed E-state index contributed by atoms with van der Waals surface area (Å²) in [4.78, 5) is 16.3. The Kier molecular flexibility index (Phi) is 2.68. The molecule has 0 radical (unpaired) electrons. The third kappa shape index (κ3) is 1.65. The van der Waals surface area contributed by atoms with Gasteiger partial charge in [-0.1, -0.05) is 15.9 Å². The predicted octanol–water partition coefficient (Wildman–Crippen LogP) is 1.63. The molecule has 3 rings (SSSR count). The standard InChI is InChI=1S/C12H10BrN3O2/c13-7-1-2-10-8(5-7)11-9(6-14-10)12(18)16(15-11)3-4-17/h1-2,5-6,15,17H,3-4H2. The van der Waals surface area contributed by atoms with Crippen molar-refractivity contribution in [1.82, 2.24) is 14.8 Å². The molecule has 0 amide bonds. The van der Waals surface area contributed by atoms with Crippen molar-refractivity contribution >= 4 is 37.7 Å². The lowest BCUT2D eigenvalue weighted by Gasteiger charge is -1.99. The number of rotatable bonds is 2. The van der Waals surface area contributed by atoms with Crippen LogP contribution in [-0.4, -0.2) is 26.5 Å². The molecule has 1 aromatic carbocycles. The molecule has 0 aliphatic rings. The highest BCUT2D eigenvalue weighted by atomic mass is 79.9. The van der Waals surface area contributed by atoms with E-state index in [1.54, 1.807) is 6.20 Å². The third-order valence-corrected chi connectivity index (χ3v) is 3.37. The van der Waals surface area contributed by atoms with Crippen LogP contribution in [0.5, 0.6) is 0 Å². The molecule has 0 saturated heterocycles. The van der Waals surface area contributed by atoms with E-state index < -0.39 is 0 Å². The zero-order chi connectivity index (χ0) is 12.7. The highest BCUT2D eigenvalue weighted by Crippen LogP contribution is 2.23. The second-order valence-corrected chi connectivity index (χ2v) is 4.92. The maximum Gasteiger partial charge on any atom is 0.276 e. The number of benzene rings is 1. The van der Waals surface area contributed by atoms with E-state index in [9.17, 15) is 4.79 Å². The van der Waals surface area contributed by atoms with Gasteiger partial charge in [0.2, 0.25) is 0 Å². The smallest absolute Gasteiger partial charge is 0.276 e. The number of aromatic amines is 1. The Hall–Kier alpha value is -1.66. The van der Waals surface area contributed by atoms with Crippen molar-refractivity contribution in [3.05, 3.63) is 39.2 Å². The quantitative estimate of drug-likeness (QED) is 0.756. The Morgan fingerprint density at radius 2 is 2.22 bits per heavy atom. The molecule has 0 atom stereocenters. The predicted molar refractivity (Wildman–Crippen MR) is 72.6 cm³/mol. The van der Waals surface area contributed by atoms with Gasteiger partial charge in [-0.15, -0.1) is 0 Å². The summed E-state index contributed by atoms with van der Waals surface area (Å²) >= 11 is 3.41. The van der Waals surface area contributed by atoms with Crippen molar-refractivity contribution in [3.8, 4) is 0 Å². The van der Waals surface area contributed by atoms with Crippen molar-refractivity contribution in [2.45, 2.75) is 6.54 Å². The first-order valence-corrected chi connectivity index (χ1v) is 6.27. The minimum absolute atomic E-state index is 0.0816. The van der Waals surface area contributed by atoms with Gasteiger partial charge in [0.15, 0.2) is 0 Å². The van der Waals surface area contributed by atoms with Gasteiger partial charge in [-0.2, -0.15) is 0 Å². The van der Waals surface area contributed by atoms with Gasteiger partial charge in [-0.05, 0) is 18.2 Å². The lowest BCUT2D eigenvalue weighted by Crippen LogP contribution is -2.18. The van der Waals surface area contributed by atoms with Crippen molar-refractivity contribution in [2.75, 3.05) is 6.61 Å². The SMILES string of the molecule is O=c1c2cnc3ccc(Br)cc3c2[nH]n1CCO. The van der Waals surface area contributed by atoms with Crippen LogP contribution in [0.25, 0.3) is 21.8 Å². The minimum Gasteiger partial charge on any atom is -0.394 e. The van der Waals surface area contributed by atoms with Gasteiger partial charge in [-0.3, -0.25) is 14.9 Å². The zero-order valence-corrected chi connectivity index (χ0v) is 10.9. The van der Waals surface area contributed by atoms with Gasteiger partial charge in [0.05, 0.1) is 29.6 Å². The number of aliphatic hydroxyl groups is 1. The summed E-state index contributed by atoms with van der Waals surface area (Å²) in [5, 5.41) is 13.4. The van der Waals surface area contributed by atoms with Crippen LogP contribution in [0.2, 0.25) is 0 Å². The summed E-state index contributed by atoms with van der Waals surface area (Å²) in [6.45, 7) is 0.171. The monoisotopic (exact) mass is 307 g/mol. The van der Waals surface area contributed by atoms with E-state index in [2.05, 4.69) is 26.0 Å². The van der Waals surface area contributed by atoms with Crippen LogP contribution in [0, 0.1) is 0 Å². The molecular formula is C12H10BrN3O2. The maximum atomic E-state index is 12.0. The number of fused-ring (bicyclic) bond motifs is 3. The number of aliphatic hydroxyl groups excluding tert-OH is 1. The summed E-state index contributed by atoms with van der Waals surface area (Å²) in [6.07, 6.45) is 1.57. The molecule has 0 spiro atoms. The minimum atomic E-state index is -0.159. The molecule has 18 heavy (non-hydrogen) atoms. The first-order chi connectivity index (χ1) is 8.70. The number of nitrogens with one attached hydrogen (secondary N) is 1. The van der Waals surface area contributed by atoms with Gasteiger partial charge in [0.1, 0.15) is 0 Å². The van der Waals surface area contributed by atoms with E-state index >= 15 is 0 Å². The van der Waals surface area contributed by atoms with Crippen LogP contribution in [0.3, 0.4) is 0 Å². The number of hydrogen-bond donors (Lipinski definition) is 2. The Morgan fingerprint density at radius 3 is 3.00 bits per heavy atom. The van der Waals surface area contributed by atoms with Crippen molar-refractivity contribution in [2.24, 2.45) is 0 Å². The largest absolute Gasteiger partial charge is 0.394 e. The highest BCUT2D eigenvalue weighted by molar-refractivity contribution is 9.10. The van der Waals surface area contributed by atoms with Gasteiger partial charge >= 0.3 is 0 Å². The number of hydrogen-bond acceptors (Lipinski definition) is 3. The fourth-order valence-electron chi connectivity index (χ4n) is 2.04. The molecule has 6 heteroatoms. The number of aromatic nitrogens is 3. The molecule has 2 heterocycles. The molecule has 5 nitrogen and oxygen atoms in total. The molecule has 0 saturated carbocycles. The molecule has 0 unspecified atom stereocenters. The molecule has 0 fully saturated rings. The number of nitrogens with zero attached hydrogens (tertiary/aromatic N) is 2. The Bertz CT molecular complexity index is 791. The second-order valence-electron chi connectivity index (χ2n) is 4.00. The van der Waals surface area contributed by atoms with Crippen LogP contribution in [0.1, 0.15) is 0 Å². The van der Waals surface area contributed by atoms with Crippen LogP contribution in [0.4, 0.5) is 0 Å². The number of pyridine rings is 1. The van der Waals surface area contributed by atoms with E-state index in [1.165, 1.54) is 4.68 Å². The molecule has 0 aliphatic heterocycles. The van der Waals surface area contributed by atoms with Crippen molar-refractivity contribution in [3.63, 3.8) is 0 Å². The molecular weight excluding hydrogens is 298 g/mol. The lowest BCUT2D eigenvalue weighted by atomic mass is 10.2. The Morgan fingerprint density at radius 1 is 1.39 bits per heavy atom. The van der Waals surface area contributed by atoms with Gasteiger partial charge < -0.3 is 5.11 Å². The summed E-state index contributed by atoms with van der Waals surface area (Å²) in [6, 6.07) is 5.72. The van der Waals surface area contributed by atoms with Crippen molar-refractivity contribution in [1.29, 1.82) is 0 Å². The zero-order valence-electron chi connectivity index (χ0n) is 9.35. The number of halogens is 1. The van der Waals surface area contributed by atoms with E-state index in [1.807, 2.05) is 18.2 Å². The summed E-state index contributed by atoms with van der Waals surface area (Å²) < 4.78 is 2.33. The molecule has 92 valence electrons. The van der Waals surface area contributed by atoms with Crippen LogP contribution < -0.4 is 5.56 Å². The average Bonchev–Trinajstić information content (AvgIpc) is 2.68. The fourth-order valence-corrected chi connectivity index (χ4v) is 2.40. The number of H-pyrrole nitrogens is 1. The molecule has 3 aromatic rings. The van der Waals surface area contributed by atoms with Crippen LogP contribution in [-0.2, 0) is 6.54 Å². The Balaban J connectivity index is 2.43. The molecule has 0 aliphatic carbocycles. The third-order valence-electron chi connectivity index (χ3n) is 2.88. The lowest BCUT2D eigenvalue weighted by molar-refractivity contribution is 0.268. The normalized spacial score (nSPS) is 11.4. The van der Waals surface area contributed by atoms with E-state index in [-0.39, 0.29) is 18.7 Å². The van der Waals surface area contributed by atoms with E-state index in [0.29, 0.717) is 5.39 Å². The van der Waals surface area contributed by atoms with Crippen LogP contribution in [0.15, 0.2) is 33.7 Å². The van der Waals surface area contributed by atoms with Gasteiger partial charge in [-0.25, -0.2) is 4.68 Å². The summed E-state index contributed by atoms with van der Waals surface area (Å²) in [5.74, 6) is 0. The Labute approximate surface area is 110 Å². The first kappa shape index (κ1) is 11.4. The summed E-state index contributed by atoms with van der Waals surface area (Å²) in [7, 11) is 0. The molecule has 2 aromatic heterocycles. The topological polar surface area (TPSA) is 70.9 Å². The summed E-state index contributed by atoms with van der Waals surface area (Å²) in [5.41, 5.74) is 1.41. The highest BCUT2D eigenvalue weighted by Gasteiger charge is 2.10. The first-order valence-electron chi connectivity index (χ1n) is 5.48. The van der Waals surface area contributed by atoms with E-state index in [4.69, 9.17) is 5.11 Å². The average molecular weight is 308 g/mol. The molecule has 2 N–H and O–H groups in total. The van der Waals surface area contributed by atoms with Gasteiger partial charge in [0, 0.05) is 16.1 Å². The van der Waals surface area contributed by atoms with Gasteiger partial charge in [0.25, 0.3) is 5.56 Å². The fraction of sp³-hybridized carbons (Fsp3) is 0.167. The van der Waals surface area contributed by atoms with Crippen molar-refractivity contribution < 1.29 is 5.11 Å². The van der Waals surface area contributed by atoms with E-state index in [0.717, 1.165) is 20.9 Å². The van der Waals surface area contributed by atoms with Crippen LogP contribution >= 0.6 is 15.9 Å². The molecule has 0 bridgehead atoms.